The number of ether oxygens (including phenoxy) is 6. The highest BCUT2D eigenvalue weighted by molar-refractivity contribution is 7.80. The van der Waals surface area contributed by atoms with E-state index in [9.17, 15) is 0 Å². The molecule has 398 valence electrons. The Hall–Kier alpha value is -5.02. The third-order valence-corrected chi connectivity index (χ3v) is 19.3. The average Bonchev–Trinajstić information content (AvgIpc) is 3.37. The molecule has 0 atom stereocenters. The summed E-state index contributed by atoms with van der Waals surface area (Å²) in [5.41, 5.74) is 11.7. The Morgan fingerprint density at radius 1 is 0.270 bits per heavy atom. The molecule has 0 heterocycles. The van der Waals surface area contributed by atoms with Crippen LogP contribution in [0.4, 0.5) is 0 Å². The Kier molecular flexibility index (Phi) is 19.5. The summed E-state index contributed by atoms with van der Waals surface area (Å²) < 4.78 is 38.7. The van der Waals surface area contributed by atoms with Gasteiger partial charge in [-0.15, -0.1) is 0 Å². The van der Waals surface area contributed by atoms with Gasteiger partial charge < -0.3 is 28.4 Å². The summed E-state index contributed by atoms with van der Waals surface area (Å²) in [6.45, 7) is 36.4. The molecule has 0 aromatic heterocycles. The van der Waals surface area contributed by atoms with Crippen LogP contribution in [0.5, 0.6) is 34.5 Å². The van der Waals surface area contributed by atoms with Crippen LogP contribution in [0.15, 0.2) is 84.9 Å². The first-order valence-corrected chi connectivity index (χ1v) is 29.6. The molecule has 0 bridgehead atoms. The van der Waals surface area contributed by atoms with E-state index in [1.165, 1.54) is 76.3 Å². The molecule has 0 spiro atoms. The van der Waals surface area contributed by atoms with Gasteiger partial charge in [-0.25, -0.2) is 0 Å². The lowest BCUT2D eigenvalue weighted by atomic mass is 9.94. The van der Waals surface area contributed by atoms with Crippen molar-refractivity contribution < 1.29 is 28.4 Å². The minimum Gasteiger partial charge on any atom is -0.496 e. The zero-order valence-corrected chi connectivity index (χ0v) is 50.8. The van der Waals surface area contributed by atoms with Crippen molar-refractivity contribution in [3.05, 3.63) is 129 Å². The van der Waals surface area contributed by atoms with Crippen molar-refractivity contribution in [1.82, 2.24) is 0 Å². The van der Waals surface area contributed by atoms with E-state index in [4.69, 9.17) is 28.4 Å². The van der Waals surface area contributed by atoms with Crippen LogP contribution < -0.4 is 60.2 Å². The number of benzene rings is 6. The minimum atomic E-state index is -1.31. The van der Waals surface area contributed by atoms with E-state index in [1.54, 1.807) is 0 Å². The highest BCUT2D eigenvalue weighted by atomic mass is 31.1. The van der Waals surface area contributed by atoms with E-state index in [0.29, 0.717) is 0 Å². The summed E-state index contributed by atoms with van der Waals surface area (Å²) in [6.07, 6.45) is 0. The summed E-state index contributed by atoms with van der Waals surface area (Å²) in [7, 11) is 8.28. The molecule has 0 radical (unpaired) electrons. The molecule has 0 N–H and O–H groups in total. The fourth-order valence-corrected chi connectivity index (χ4v) is 15.8. The van der Waals surface area contributed by atoms with Gasteiger partial charge in [0.2, 0.25) is 0 Å². The van der Waals surface area contributed by atoms with E-state index in [-0.39, 0.29) is 47.3 Å². The fraction of sp³-hybridized carbons (Fsp3) is 0.455. The van der Waals surface area contributed by atoms with E-state index < -0.39 is 15.8 Å². The van der Waals surface area contributed by atoms with Gasteiger partial charge in [-0.3, -0.25) is 0 Å². The van der Waals surface area contributed by atoms with Crippen molar-refractivity contribution in [3.8, 4) is 45.6 Å². The molecule has 0 fully saturated rings. The monoisotopic (exact) mass is 1040 g/mol. The van der Waals surface area contributed by atoms with Gasteiger partial charge in [0.15, 0.2) is 0 Å². The van der Waals surface area contributed by atoms with Crippen LogP contribution in [0.2, 0.25) is 0 Å². The van der Waals surface area contributed by atoms with Crippen LogP contribution in [-0.4, -0.2) is 42.7 Å². The molecule has 8 heteroatoms. The normalized spacial score (nSPS) is 12.1. The van der Waals surface area contributed by atoms with Crippen LogP contribution in [0.25, 0.3) is 11.1 Å². The van der Waals surface area contributed by atoms with Crippen molar-refractivity contribution in [1.29, 1.82) is 0 Å². The van der Waals surface area contributed by atoms with Crippen LogP contribution >= 0.6 is 15.8 Å². The van der Waals surface area contributed by atoms with Gasteiger partial charge in [0.25, 0.3) is 0 Å². The lowest BCUT2D eigenvalue weighted by Crippen LogP contribution is -2.28. The van der Waals surface area contributed by atoms with Crippen LogP contribution in [-0.2, 0) is 0 Å². The number of rotatable bonds is 21. The van der Waals surface area contributed by atoms with Crippen LogP contribution in [0.3, 0.4) is 0 Å². The predicted molar refractivity (Wildman–Crippen MR) is 321 cm³/mol. The molecule has 0 saturated carbocycles. The largest absolute Gasteiger partial charge is 0.496 e. The quantitative estimate of drug-likeness (QED) is 0.0670. The predicted octanol–water partition coefficient (Wildman–Crippen LogP) is 15.9. The third-order valence-electron chi connectivity index (χ3n) is 14.5. The summed E-state index contributed by atoms with van der Waals surface area (Å²) in [4.78, 5) is 0. The Morgan fingerprint density at radius 2 is 0.459 bits per heavy atom. The number of hydrogen-bond acceptors (Lipinski definition) is 6. The topological polar surface area (TPSA) is 55.4 Å². The van der Waals surface area contributed by atoms with E-state index in [1.807, 2.05) is 42.7 Å². The first kappa shape index (κ1) is 58.2. The molecule has 0 aliphatic carbocycles. The smallest absolute Gasteiger partial charge is 0.127 e. The SMILES string of the molecule is COc1cccc(P(c2cc(C(C)C)c(OC)c(C(C)C)c2)c2cc(C(C)C)c(OC)c(C(C)C)c2)c1-c1c(OC)cccc1P(c1cc(C(C)C)c(OC)c(C(C)C)c1)c1cc(C(C)C)c(OC)c(C(C)C)c1. The number of hydrogen-bond donors (Lipinski definition) is 0. The van der Waals surface area contributed by atoms with Gasteiger partial charge >= 0.3 is 0 Å². The molecule has 0 unspecified atom stereocenters. The molecule has 0 aliphatic rings. The zero-order valence-electron chi connectivity index (χ0n) is 49.0. The highest BCUT2D eigenvalue weighted by Gasteiger charge is 2.34. The standard InChI is InChI=1S/C66H88O6P2/c1-37(2)49-29-45(30-50(38(3)4)63(49)69-19)73(46-31-51(39(5)6)64(70-20)52(32-46)40(7)8)59-27-23-25-57(67-17)61(59)62-58(68-18)26-24-28-60(62)74(47-33-53(41(9)10)65(71-21)54(34-47)42(11)12)48-35-55(43(13)14)66(72-22)56(36-48)44(15)16/h23-44H,1-22H3. The average molecular weight is 1040 g/mol. The Balaban J connectivity index is 1.91. The van der Waals surface area contributed by atoms with Crippen LogP contribution in [0, 0.1) is 0 Å². The molecule has 74 heavy (non-hydrogen) atoms. The Morgan fingerprint density at radius 3 is 0.608 bits per heavy atom. The van der Waals surface area contributed by atoms with Gasteiger partial charge in [-0.05, 0) is 200 Å². The highest BCUT2D eigenvalue weighted by Crippen LogP contribution is 2.51. The maximum Gasteiger partial charge on any atom is 0.127 e. The van der Waals surface area contributed by atoms with Gasteiger partial charge in [0.1, 0.15) is 34.5 Å². The summed E-state index contributed by atoms with van der Waals surface area (Å²) >= 11 is 0. The fourth-order valence-electron chi connectivity index (χ4n) is 10.6. The summed E-state index contributed by atoms with van der Waals surface area (Å²) in [6, 6.07) is 32.8. The lowest BCUT2D eigenvalue weighted by molar-refractivity contribution is 0.400. The molecule has 6 aromatic carbocycles. The van der Waals surface area contributed by atoms with Gasteiger partial charge in [-0.2, -0.15) is 0 Å². The Bertz CT molecular complexity index is 2450. The molecular weight excluding hydrogens is 951 g/mol. The van der Waals surface area contributed by atoms with Crippen molar-refractivity contribution in [3.63, 3.8) is 0 Å². The maximum atomic E-state index is 6.68. The van der Waals surface area contributed by atoms with Gasteiger partial charge in [0, 0.05) is 11.1 Å². The molecule has 6 nitrogen and oxygen atoms in total. The third kappa shape index (κ3) is 11.5. The summed E-state index contributed by atoms with van der Waals surface area (Å²) in [5.74, 6) is 7.20. The van der Waals surface area contributed by atoms with Crippen molar-refractivity contribution in [2.24, 2.45) is 0 Å². The van der Waals surface area contributed by atoms with Crippen molar-refractivity contribution >= 4 is 47.7 Å². The maximum absolute atomic E-state index is 6.68. The second-order valence-corrected chi connectivity index (χ2v) is 26.6. The second-order valence-electron chi connectivity index (χ2n) is 22.2. The van der Waals surface area contributed by atoms with Crippen LogP contribution in [0.1, 0.15) is 203 Å². The summed E-state index contributed by atoms with van der Waals surface area (Å²) in [5, 5.41) is 7.40. The first-order valence-electron chi connectivity index (χ1n) is 26.9. The van der Waals surface area contributed by atoms with Gasteiger partial charge in [0.05, 0.1) is 42.7 Å². The molecule has 0 saturated heterocycles. The van der Waals surface area contributed by atoms with E-state index >= 15 is 0 Å². The minimum absolute atomic E-state index is 0.216. The van der Waals surface area contributed by atoms with Crippen molar-refractivity contribution in [2.45, 2.75) is 158 Å². The molecule has 0 amide bonds. The van der Waals surface area contributed by atoms with Gasteiger partial charge in [-0.1, -0.05) is 135 Å². The van der Waals surface area contributed by atoms with E-state index in [0.717, 1.165) is 45.6 Å². The zero-order chi connectivity index (χ0) is 54.6. The molecule has 0 aliphatic heterocycles. The lowest BCUT2D eigenvalue weighted by Gasteiger charge is -2.32. The van der Waals surface area contributed by atoms with E-state index in [2.05, 4.69) is 196 Å². The first-order chi connectivity index (χ1) is 35.1. The molecular formula is C66H88O6P2. The molecule has 6 aromatic rings. The molecule has 6 rings (SSSR count). The van der Waals surface area contributed by atoms with Crippen molar-refractivity contribution in [2.75, 3.05) is 42.7 Å². The Labute approximate surface area is 449 Å². The number of methoxy groups -OCH3 is 6. The second kappa shape index (κ2) is 24.8.